The summed E-state index contributed by atoms with van der Waals surface area (Å²) in [7, 11) is 0. The molecule has 0 aliphatic carbocycles. The molecule has 5 heteroatoms. The number of hydrogen-bond acceptors (Lipinski definition) is 2. The third kappa shape index (κ3) is 3.28. The lowest BCUT2D eigenvalue weighted by atomic mass is 10.1. The van der Waals surface area contributed by atoms with Crippen molar-refractivity contribution in [3.63, 3.8) is 0 Å². The summed E-state index contributed by atoms with van der Waals surface area (Å²) in [6.45, 7) is 1.82. The van der Waals surface area contributed by atoms with Gasteiger partial charge in [0.2, 0.25) is 0 Å². The van der Waals surface area contributed by atoms with Crippen molar-refractivity contribution < 1.29 is 4.79 Å². The van der Waals surface area contributed by atoms with Crippen molar-refractivity contribution in [1.29, 1.82) is 5.26 Å². The van der Waals surface area contributed by atoms with Crippen LogP contribution in [-0.2, 0) is 0 Å². The smallest absolute Gasteiger partial charge is 0.308 e. The van der Waals surface area contributed by atoms with Gasteiger partial charge < -0.3 is 10.6 Å². The average Bonchev–Trinajstić information content (AvgIpc) is 2.42. The van der Waals surface area contributed by atoms with E-state index in [1.165, 1.54) is 0 Å². The molecule has 0 heterocycles. The highest BCUT2D eigenvalue weighted by atomic mass is 35.5. The molecule has 2 rings (SSSR count). The molecule has 100 valence electrons. The zero-order valence-electron chi connectivity index (χ0n) is 10.8. The molecule has 2 N–H and O–H groups in total. The number of nitriles is 1. The van der Waals surface area contributed by atoms with Crippen molar-refractivity contribution in [2.24, 2.45) is 0 Å². The summed E-state index contributed by atoms with van der Waals surface area (Å²) in [5.74, 6) is 0. The van der Waals surface area contributed by atoms with E-state index < -0.39 is 6.03 Å². The van der Waals surface area contributed by atoms with Gasteiger partial charge in [-0.1, -0.05) is 23.7 Å². The van der Waals surface area contributed by atoms with Crippen LogP contribution < -0.4 is 10.6 Å². The first-order chi connectivity index (χ1) is 9.60. The lowest BCUT2D eigenvalue weighted by Gasteiger charge is -2.10. The van der Waals surface area contributed by atoms with Crippen LogP contribution in [0.2, 0.25) is 5.02 Å². The molecule has 2 aromatic rings. The van der Waals surface area contributed by atoms with Crippen LogP contribution in [0.1, 0.15) is 11.1 Å². The van der Waals surface area contributed by atoms with Gasteiger partial charge in [-0.05, 0) is 42.8 Å². The van der Waals surface area contributed by atoms with Gasteiger partial charge in [-0.3, -0.25) is 0 Å². The minimum atomic E-state index is -0.408. The van der Waals surface area contributed by atoms with Crippen LogP contribution in [0.3, 0.4) is 0 Å². The molecule has 0 spiro atoms. The first-order valence-corrected chi connectivity index (χ1v) is 6.31. The zero-order chi connectivity index (χ0) is 14.5. The Labute approximate surface area is 122 Å². The van der Waals surface area contributed by atoms with Gasteiger partial charge in [-0.15, -0.1) is 0 Å². The van der Waals surface area contributed by atoms with Crippen LogP contribution in [0.5, 0.6) is 0 Å². The standard InChI is InChI=1S/C15H12ClN3O/c1-10-3-2-4-14(13(10)9-17)19-15(20)18-12-7-5-11(16)6-8-12/h2-8H,1H3,(H2,18,19,20). The highest BCUT2D eigenvalue weighted by molar-refractivity contribution is 6.30. The largest absolute Gasteiger partial charge is 0.323 e. The molecular formula is C15H12ClN3O. The van der Waals surface area contributed by atoms with Gasteiger partial charge in [-0.25, -0.2) is 4.79 Å². The molecule has 0 atom stereocenters. The second-order valence-corrected chi connectivity index (χ2v) is 4.63. The van der Waals surface area contributed by atoms with Gasteiger partial charge >= 0.3 is 6.03 Å². The molecule has 0 unspecified atom stereocenters. The molecule has 0 fully saturated rings. The number of nitrogens with zero attached hydrogens (tertiary/aromatic N) is 1. The third-order valence-corrected chi connectivity index (χ3v) is 2.99. The van der Waals surface area contributed by atoms with Crippen LogP contribution >= 0.6 is 11.6 Å². The molecular weight excluding hydrogens is 274 g/mol. The SMILES string of the molecule is Cc1cccc(NC(=O)Nc2ccc(Cl)cc2)c1C#N. The maximum absolute atomic E-state index is 11.9. The van der Waals surface area contributed by atoms with Gasteiger partial charge in [0.15, 0.2) is 0 Å². The Morgan fingerprint density at radius 2 is 1.85 bits per heavy atom. The quantitative estimate of drug-likeness (QED) is 0.870. The molecule has 0 saturated heterocycles. The molecule has 0 aliphatic heterocycles. The van der Waals surface area contributed by atoms with Gasteiger partial charge in [0, 0.05) is 10.7 Å². The number of rotatable bonds is 2. The van der Waals surface area contributed by atoms with Gasteiger partial charge in [0.1, 0.15) is 6.07 Å². The van der Waals surface area contributed by atoms with Crippen molar-refractivity contribution in [3.8, 4) is 6.07 Å². The molecule has 20 heavy (non-hydrogen) atoms. The maximum atomic E-state index is 11.9. The molecule has 0 radical (unpaired) electrons. The number of anilines is 2. The van der Waals surface area contributed by atoms with E-state index >= 15 is 0 Å². The van der Waals surface area contributed by atoms with E-state index in [4.69, 9.17) is 16.9 Å². The van der Waals surface area contributed by atoms with E-state index in [1.807, 2.05) is 13.0 Å². The number of aryl methyl sites for hydroxylation is 1. The van der Waals surface area contributed by atoms with Crippen molar-refractivity contribution in [1.82, 2.24) is 0 Å². The Hall–Kier alpha value is -2.51. The van der Waals surface area contributed by atoms with Crippen LogP contribution in [0, 0.1) is 18.3 Å². The van der Waals surface area contributed by atoms with Crippen LogP contribution in [0.4, 0.5) is 16.2 Å². The van der Waals surface area contributed by atoms with E-state index in [2.05, 4.69) is 16.7 Å². The second kappa shape index (κ2) is 6.09. The number of hydrogen-bond donors (Lipinski definition) is 2. The minimum Gasteiger partial charge on any atom is -0.308 e. The fourth-order valence-corrected chi connectivity index (χ4v) is 1.86. The van der Waals surface area contributed by atoms with E-state index in [0.29, 0.717) is 22.0 Å². The number of benzene rings is 2. The summed E-state index contributed by atoms with van der Waals surface area (Å²) in [6.07, 6.45) is 0. The van der Waals surface area contributed by atoms with Crippen LogP contribution in [0.15, 0.2) is 42.5 Å². The number of amides is 2. The fourth-order valence-electron chi connectivity index (χ4n) is 1.74. The molecule has 2 amide bonds. The van der Waals surface area contributed by atoms with E-state index in [1.54, 1.807) is 36.4 Å². The number of carbonyl (C=O) groups excluding carboxylic acids is 1. The molecule has 4 nitrogen and oxygen atoms in total. The fraction of sp³-hybridized carbons (Fsp3) is 0.0667. The third-order valence-electron chi connectivity index (χ3n) is 2.73. The normalized spacial score (nSPS) is 9.65. The maximum Gasteiger partial charge on any atom is 0.323 e. The van der Waals surface area contributed by atoms with Crippen molar-refractivity contribution in [2.45, 2.75) is 6.92 Å². The first-order valence-electron chi connectivity index (χ1n) is 5.93. The summed E-state index contributed by atoms with van der Waals surface area (Å²) in [5.41, 5.74) is 2.38. The summed E-state index contributed by atoms with van der Waals surface area (Å²) in [5, 5.41) is 15.0. The monoisotopic (exact) mass is 285 g/mol. The van der Waals surface area contributed by atoms with Crippen LogP contribution in [0.25, 0.3) is 0 Å². The zero-order valence-corrected chi connectivity index (χ0v) is 11.5. The highest BCUT2D eigenvalue weighted by Crippen LogP contribution is 2.19. The predicted molar refractivity (Wildman–Crippen MR) is 80.0 cm³/mol. The van der Waals surface area contributed by atoms with Crippen LogP contribution in [-0.4, -0.2) is 6.03 Å². The van der Waals surface area contributed by atoms with Crippen molar-refractivity contribution in [2.75, 3.05) is 10.6 Å². The topological polar surface area (TPSA) is 64.9 Å². The summed E-state index contributed by atoms with van der Waals surface area (Å²) in [6, 6.07) is 13.7. The number of halogens is 1. The Morgan fingerprint density at radius 1 is 1.15 bits per heavy atom. The molecule has 0 aromatic heterocycles. The number of nitrogens with one attached hydrogen (secondary N) is 2. The average molecular weight is 286 g/mol. The van der Waals surface area contributed by atoms with E-state index in [-0.39, 0.29) is 0 Å². The molecule has 0 saturated carbocycles. The molecule has 2 aromatic carbocycles. The predicted octanol–water partition coefficient (Wildman–Crippen LogP) is 4.16. The Balaban J connectivity index is 2.11. The van der Waals surface area contributed by atoms with E-state index in [9.17, 15) is 4.79 Å². The lowest BCUT2D eigenvalue weighted by Crippen LogP contribution is -2.20. The van der Waals surface area contributed by atoms with Gasteiger partial charge in [0.05, 0.1) is 11.3 Å². The second-order valence-electron chi connectivity index (χ2n) is 4.20. The van der Waals surface area contributed by atoms with Crippen molar-refractivity contribution in [3.05, 3.63) is 58.6 Å². The van der Waals surface area contributed by atoms with Gasteiger partial charge in [-0.2, -0.15) is 5.26 Å². The lowest BCUT2D eigenvalue weighted by molar-refractivity contribution is 0.262. The highest BCUT2D eigenvalue weighted by Gasteiger charge is 2.08. The van der Waals surface area contributed by atoms with E-state index in [0.717, 1.165) is 5.56 Å². The Kier molecular flexibility index (Phi) is 4.24. The number of urea groups is 1. The van der Waals surface area contributed by atoms with Gasteiger partial charge in [0.25, 0.3) is 0 Å². The number of carbonyl (C=O) groups is 1. The van der Waals surface area contributed by atoms with Crippen molar-refractivity contribution >= 4 is 29.0 Å². The summed E-state index contributed by atoms with van der Waals surface area (Å²) in [4.78, 5) is 11.9. The minimum absolute atomic E-state index is 0.408. The first kappa shape index (κ1) is 13.9. The Morgan fingerprint density at radius 3 is 2.50 bits per heavy atom. The molecule has 0 bridgehead atoms. The Bertz CT molecular complexity index is 675. The summed E-state index contributed by atoms with van der Waals surface area (Å²) < 4.78 is 0. The molecule has 0 aliphatic rings. The summed E-state index contributed by atoms with van der Waals surface area (Å²) >= 11 is 5.77.